The van der Waals surface area contributed by atoms with Crippen LogP contribution in [0.5, 0.6) is 5.75 Å². The Morgan fingerprint density at radius 2 is 1.79 bits per heavy atom. The molecule has 0 saturated carbocycles. The smallest absolute Gasteiger partial charge is 0.174 e. The van der Waals surface area contributed by atoms with Gasteiger partial charge in [0.1, 0.15) is 5.75 Å². The van der Waals surface area contributed by atoms with E-state index in [0.29, 0.717) is 6.54 Å². The normalized spacial score (nSPS) is 17.5. The van der Waals surface area contributed by atoms with Crippen molar-refractivity contribution >= 4 is 17.2 Å². The molecule has 0 saturated heterocycles. The number of hydrogen-bond donors (Lipinski definition) is 0. The molecule has 19 heavy (non-hydrogen) atoms. The first-order valence-electron chi connectivity index (χ1n) is 6.34. The molecule has 0 N–H and O–H groups in total. The van der Waals surface area contributed by atoms with E-state index in [1.165, 1.54) is 0 Å². The quantitative estimate of drug-likeness (QED) is 0.823. The molecule has 1 aliphatic rings. The van der Waals surface area contributed by atoms with Gasteiger partial charge in [-0.1, -0.05) is 30.3 Å². The van der Waals surface area contributed by atoms with Crippen LogP contribution in [0.15, 0.2) is 54.6 Å². The van der Waals surface area contributed by atoms with E-state index in [9.17, 15) is 4.79 Å². The number of Topliss-reactive ketones (excluding diaryl/α,β-unsaturated/α-hetero) is 1. The largest absolute Gasteiger partial charge is 0.479 e. The third-order valence-electron chi connectivity index (χ3n) is 3.29. The van der Waals surface area contributed by atoms with Gasteiger partial charge in [0, 0.05) is 5.69 Å². The molecule has 0 fully saturated rings. The minimum atomic E-state index is -0.407. The molecule has 0 amide bonds. The molecule has 1 aliphatic heterocycles. The number of ketones is 1. The summed E-state index contributed by atoms with van der Waals surface area (Å²) in [4.78, 5) is 13.8. The zero-order chi connectivity index (χ0) is 13.2. The average Bonchev–Trinajstić information content (AvgIpc) is 2.47. The van der Waals surface area contributed by atoms with Crippen molar-refractivity contribution in [2.75, 3.05) is 11.4 Å². The van der Waals surface area contributed by atoms with Gasteiger partial charge in [-0.25, -0.2) is 0 Å². The van der Waals surface area contributed by atoms with Gasteiger partial charge in [-0.2, -0.15) is 0 Å². The molecule has 1 unspecified atom stereocenters. The van der Waals surface area contributed by atoms with Crippen LogP contribution in [0.3, 0.4) is 0 Å². The summed E-state index contributed by atoms with van der Waals surface area (Å²) in [5.41, 5.74) is 2.08. The van der Waals surface area contributed by atoms with E-state index >= 15 is 0 Å². The summed E-state index contributed by atoms with van der Waals surface area (Å²) in [6.45, 7) is 2.12. The van der Waals surface area contributed by atoms with Gasteiger partial charge in [-0.05, 0) is 31.2 Å². The Morgan fingerprint density at radius 1 is 1.11 bits per heavy atom. The summed E-state index contributed by atoms with van der Waals surface area (Å²) >= 11 is 0. The Labute approximate surface area is 112 Å². The van der Waals surface area contributed by atoms with E-state index in [4.69, 9.17) is 4.74 Å². The summed E-state index contributed by atoms with van der Waals surface area (Å²) in [5.74, 6) is 0.813. The van der Waals surface area contributed by atoms with E-state index < -0.39 is 6.10 Å². The van der Waals surface area contributed by atoms with E-state index in [2.05, 4.69) is 4.90 Å². The van der Waals surface area contributed by atoms with Crippen LogP contribution in [0.25, 0.3) is 0 Å². The van der Waals surface area contributed by atoms with Gasteiger partial charge < -0.3 is 9.64 Å². The molecule has 0 aromatic heterocycles. The molecule has 2 aromatic carbocycles. The zero-order valence-corrected chi connectivity index (χ0v) is 10.7. The molecular weight excluding hydrogens is 238 g/mol. The second-order valence-corrected chi connectivity index (χ2v) is 4.63. The van der Waals surface area contributed by atoms with Crippen molar-refractivity contribution < 1.29 is 9.53 Å². The van der Waals surface area contributed by atoms with Gasteiger partial charge in [-0.3, -0.25) is 4.79 Å². The number of ether oxygens (including phenoxy) is 1. The summed E-state index contributed by atoms with van der Waals surface area (Å²) in [6, 6.07) is 17.9. The molecule has 96 valence electrons. The van der Waals surface area contributed by atoms with Crippen LogP contribution < -0.4 is 9.64 Å². The highest BCUT2D eigenvalue weighted by atomic mass is 16.5. The van der Waals surface area contributed by atoms with Gasteiger partial charge in [0.2, 0.25) is 0 Å². The maximum atomic E-state index is 11.6. The van der Waals surface area contributed by atoms with E-state index in [1.54, 1.807) is 6.92 Å². The molecule has 3 nitrogen and oxygen atoms in total. The lowest BCUT2D eigenvalue weighted by atomic mass is 10.1. The Bertz CT molecular complexity index is 595. The van der Waals surface area contributed by atoms with Crippen molar-refractivity contribution in [3.05, 3.63) is 54.6 Å². The minimum absolute atomic E-state index is 0.0513. The number of hydrogen-bond acceptors (Lipinski definition) is 3. The van der Waals surface area contributed by atoms with Gasteiger partial charge in [0.25, 0.3) is 0 Å². The standard InChI is InChI=1S/C16H15NO2/c1-12(18)16-11-17(13-7-3-2-4-8-13)14-9-5-6-10-15(14)19-16/h2-10,16H,11H2,1H3. The van der Waals surface area contributed by atoms with Crippen molar-refractivity contribution in [2.45, 2.75) is 13.0 Å². The second kappa shape index (κ2) is 4.76. The highest BCUT2D eigenvalue weighted by molar-refractivity contribution is 5.84. The van der Waals surface area contributed by atoms with Gasteiger partial charge in [-0.15, -0.1) is 0 Å². The third kappa shape index (κ3) is 2.19. The summed E-state index contributed by atoms with van der Waals surface area (Å²) in [6.07, 6.45) is -0.407. The molecule has 1 atom stereocenters. The van der Waals surface area contributed by atoms with Crippen LogP contribution >= 0.6 is 0 Å². The van der Waals surface area contributed by atoms with Gasteiger partial charge >= 0.3 is 0 Å². The molecule has 3 heteroatoms. The van der Waals surface area contributed by atoms with Crippen LogP contribution in [0.2, 0.25) is 0 Å². The summed E-state index contributed by atoms with van der Waals surface area (Å²) in [5, 5.41) is 0. The van der Waals surface area contributed by atoms with Crippen LogP contribution in [0, 0.1) is 0 Å². The first kappa shape index (κ1) is 11.8. The lowest BCUT2D eigenvalue weighted by Crippen LogP contribution is -2.41. The number of rotatable bonds is 2. The fourth-order valence-corrected chi connectivity index (χ4v) is 2.30. The number of carbonyl (C=O) groups is 1. The van der Waals surface area contributed by atoms with Crippen molar-refractivity contribution in [1.29, 1.82) is 0 Å². The second-order valence-electron chi connectivity index (χ2n) is 4.63. The lowest BCUT2D eigenvalue weighted by molar-refractivity contribution is -0.123. The minimum Gasteiger partial charge on any atom is -0.479 e. The third-order valence-corrected chi connectivity index (χ3v) is 3.29. The molecule has 0 aliphatic carbocycles. The average molecular weight is 253 g/mol. The first-order chi connectivity index (χ1) is 9.25. The Balaban J connectivity index is 2.06. The monoisotopic (exact) mass is 253 g/mol. The van der Waals surface area contributed by atoms with Crippen molar-refractivity contribution in [2.24, 2.45) is 0 Å². The number of benzene rings is 2. The van der Waals surface area contributed by atoms with Crippen LogP contribution in [-0.2, 0) is 4.79 Å². The highest BCUT2D eigenvalue weighted by Crippen LogP contribution is 2.37. The Kier molecular flexibility index (Phi) is 2.95. The SMILES string of the molecule is CC(=O)C1CN(c2ccccc2)c2ccccc2O1. The topological polar surface area (TPSA) is 29.5 Å². The first-order valence-corrected chi connectivity index (χ1v) is 6.34. The number of carbonyl (C=O) groups excluding carboxylic acids is 1. The Hall–Kier alpha value is -2.29. The van der Waals surface area contributed by atoms with Crippen LogP contribution in [0.1, 0.15) is 6.92 Å². The fourth-order valence-electron chi connectivity index (χ4n) is 2.30. The van der Waals surface area contributed by atoms with E-state index in [0.717, 1.165) is 17.1 Å². The molecule has 0 radical (unpaired) electrons. The number of anilines is 2. The Morgan fingerprint density at radius 3 is 2.53 bits per heavy atom. The van der Waals surface area contributed by atoms with E-state index in [-0.39, 0.29) is 5.78 Å². The van der Waals surface area contributed by atoms with Crippen LogP contribution in [0.4, 0.5) is 11.4 Å². The molecule has 1 heterocycles. The predicted molar refractivity (Wildman–Crippen MR) is 75.0 cm³/mol. The highest BCUT2D eigenvalue weighted by Gasteiger charge is 2.28. The van der Waals surface area contributed by atoms with E-state index in [1.807, 2.05) is 54.6 Å². The molecule has 0 bridgehead atoms. The molecular formula is C16H15NO2. The van der Waals surface area contributed by atoms with Crippen LogP contribution in [-0.4, -0.2) is 18.4 Å². The fraction of sp³-hybridized carbons (Fsp3) is 0.188. The van der Waals surface area contributed by atoms with Crippen molar-refractivity contribution in [1.82, 2.24) is 0 Å². The number of para-hydroxylation sites is 3. The maximum Gasteiger partial charge on any atom is 0.174 e. The lowest BCUT2D eigenvalue weighted by Gasteiger charge is -2.35. The summed E-state index contributed by atoms with van der Waals surface area (Å²) < 4.78 is 5.75. The number of fused-ring (bicyclic) bond motifs is 1. The number of nitrogens with zero attached hydrogens (tertiary/aromatic N) is 1. The van der Waals surface area contributed by atoms with Gasteiger partial charge in [0.15, 0.2) is 11.9 Å². The van der Waals surface area contributed by atoms with Crippen molar-refractivity contribution in [3.8, 4) is 5.75 Å². The zero-order valence-electron chi connectivity index (χ0n) is 10.7. The predicted octanol–water partition coefficient (Wildman–Crippen LogP) is 3.17. The molecule has 0 spiro atoms. The molecule has 3 rings (SSSR count). The van der Waals surface area contributed by atoms with Gasteiger partial charge in [0.05, 0.1) is 12.2 Å². The summed E-state index contributed by atoms with van der Waals surface area (Å²) in [7, 11) is 0. The maximum absolute atomic E-state index is 11.6. The molecule has 2 aromatic rings. The van der Waals surface area contributed by atoms with Crippen molar-refractivity contribution in [3.63, 3.8) is 0 Å².